The summed E-state index contributed by atoms with van der Waals surface area (Å²) < 4.78 is 1.83. The van der Waals surface area contributed by atoms with Gasteiger partial charge in [-0.3, -0.25) is 0 Å². The maximum absolute atomic E-state index is 5.77. The number of nitrogens with two attached hydrogens (primary N) is 1. The van der Waals surface area contributed by atoms with Crippen molar-refractivity contribution >= 4 is 11.5 Å². The van der Waals surface area contributed by atoms with Gasteiger partial charge in [-0.15, -0.1) is 0 Å². The van der Waals surface area contributed by atoms with Crippen LogP contribution >= 0.6 is 0 Å². The Bertz CT molecular complexity index is 832. The van der Waals surface area contributed by atoms with Crippen molar-refractivity contribution in [1.29, 1.82) is 0 Å². The molecule has 0 unspecified atom stereocenters. The van der Waals surface area contributed by atoms with Crippen LogP contribution in [-0.4, -0.2) is 14.6 Å². The molecule has 112 valence electrons. The van der Waals surface area contributed by atoms with Crippen LogP contribution in [0.5, 0.6) is 0 Å². The first-order chi connectivity index (χ1) is 10.8. The van der Waals surface area contributed by atoms with E-state index in [4.69, 9.17) is 15.9 Å². The molecule has 2 heterocycles. The number of aryl methyl sites for hydroxylation is 2. The second kappa shape index (κ2) is 5.10. The number of hydrazine groups is 1. The second-order valence-corrected chi connectivity index (χ2v) is 5.90. The predicted molar refractivity (Wildman–Crippen MR) is 87.6 cm³/mol. The van der Waals surface area contributed by atoms with Gasteiger partial charge in [0.15, 0.2) is 5.65 Å². The Labute approximate surface area is 129 Å². The molecule has 1 aromatic carbocycles. The average molecular weight is 293 g/mol. The van der Waals surface area contributed by atoms with Gasteiger partial charge in [-0.25, -0.2) is 10.8 Å². The van der Waals surface area contributed by atoms with E-state index in [0.717, 1.165) is 41.3 Å². The van der Waals surface area contributed by atoms with E-state index in [1.807, 2.05) is 10.6 Å². The van der Waals surface area contributed by atoms with Gasteiger partial charge in [-0.1, -0.05) is 29.8 Å². The number of anilines is 1. The van der Waals surface area contributed by atoms with Gasteiger partial charge in [0.2, 0.25) is 0 Å². The number of hydrogen-bond donors (Lipinski definition) is 2. The Balaban J connectivity index is 1.91. The molecule has 0 spiro atoms. The van der Waals surface area contributed by atoms with E-state index in [-0.39, 0.29) is 0 Å². The molecule has 0 bridgehead atoms. The Morgan fingerprint density at radius 2 is 1.91 bits per heavy atom. The maximum Gasteiger partial charge on any atom is 0.158 e. The molecule has 3 N–H and O–H groups in total. The minimum atomic E-state index is 0.851. The van der Waals surface area contributed by atoms with Crippen LogP contribution in [0.25, 0.3) is 16.9 Å². The molecule has 5 heteroatoms. The van der Waals surface area contributed by atoms with Gasteiger partial charge in [0, 0.05) is 22.9 Å². The van der Waals surface area contributed by atoms with Crippen molar-refractivity contribution in [2.45, 2.75) is 32.6 Å². The van der Waals surface area contributed by atoms with Crippen LogP contribution in [0, 0.1) is 6.92 Å². The summed E-state index contributed by atoms with van der Waals surface area (Å²) in [5.41, 5.74) is 9.30. The standard InChI is InChI=1S/C17H19N5/c1-11-6-8-12(9-7-11)15-10-16-19-14-5-3-2-4-13(14)17(20-18)22(16)21-15/h6-10,20H,2-5,18H2,1H3. The molecule has 0 saturated carbocycles. The number of fused-ring (bicyclic) bond motifs is 2. The highest BCUT2D eigenvalue weighted by Gasteiger charge is 2.19. The summed E-state index contributed by atoms with van der Waals surface area (Å²) in [6.45, 7) is 2.08. The number of hydrogen-bond acceptors (Lipinski definition) is 4. The minimum absolute atomic E-state index is 0.851. The summed E-state index contributed by atoms with van der Waals surface area (Å²) >= 11 is 0. The van der Waals surface area contributed by atoms with Crippen LogP contribution in [0.15, 0.2) is 30.3 Å². The third-order valence-electron chi connectivity index (χ3n) is 4.36. The molecule has 0 saturated heterocycles. The molecule has 0 radical (unpaired) electrons. The van der Waals surface area contributed by atoms with Gasteiger partial charge in [-0.2, -0.15) is 9.61 Å². The first-order valence-electron chi connectivity index (χ1n) is 7.71. The summed E-state index contributed by atoms with van der Waals surface area (Å²) in [4.78, 5) is 4.79. The summed E-state index contributed by atoms with van der Waals surface area (Å²) in [6.07, 6.45) is 4.41. The van der Waals surface area contributed by atoms with Gasteiger partial charge in [-0.05, 0) is 32.6 Å². The highest BCUT2D eigenvalue weighted by atomic mass is 15.4. The number of nitrogens with zero attached hydrogens (tertiary/aromatic N) is 3. The highest BCUT2D eigenvalue weighted by molar-refractivity contribution is 5.67. The molecule has 1 aliphatic carbocycles. The molecule has 0 amide bonds. The molecule has 2 aromatic heterocycles. The van der Waals surface area contributed by atoms with Crippen molar-refractivity contribution in [3.63, 3.8) is 0 Å². The Morgan fingerprint density at radius 1 is 1.14 bits per heavy atom. The van der Waals surface area contributed by atoms with E-state index in [1.165, 1.54) is 24.0 Å². The molecule has 0 aliphatic heterocycles. The zero-order chi connectivity index (χ0) is 15.1. The zero-order valence-electron chi connectivity index (χ0n) is 12.6. The zero-order valence-corrected chi connectivity index (χ0v) is 12.6. The van der Waals surface area contributed by atoms with Crippen LogP contribution in [0.1, 0.15) is 29.7 Å². The third-order valence-corrected chi connectivity index (χ3v) is 4.36. The first kappa shape index (κ1) is 13.3. The van der Waals surface area contributed by atoms with Crippen molar-refractivity contribution in [2.24, 2.45) is 5.84 Å². The normalized spacial score (nSPS) is 14.1. The number of aromatic nitrogens is 3. The summed E-state index contributed by atoms with van der Waals surface area (Å²) in [5, 5.41) is 4.70. The lowest BCUT2D eigenvalue weighted by molar-refractivity contribution is 0.661. The summed E-state index contributed by atoms with van der Waals surface area (Å²) in [7, 11) is 0. The fraction of sp³-hybridized carbons (Fsp3) is 0.294. The lowest BCUT2D eigenvalue weighted by Crippen LogP contribution is -2.18. The molecule has 5 nitrogen and oxygen atoms in total. The fourth-order valence-electron chi connectivity index (χ4n) is 3.16. The molecular weight excluding hydrogens is 274 g/mol. The molecule has 0 fully saturated rings. The lowest BCUT2D eigenvalue weighted by Gasteiger charge is -2.18. The topological polar surface area (TPSA) is 68.2 Å². The largest absolute Gasteiger partial charge is 0.308 e. The van der Waals surface area contributed by atoms with Crippen LogP contribution in [0.3, 0.4) is 0 Å². The summed E-state index contributed by atoms with van der Waals surface area (Å²) in [6, 6.07) is 10.4. The second-order valence-electron chi connectivity index (χ2n) is 5.90. The molecule has 3 aromatic rings. The van der Waals surface area contributed by atoms with Crippen molar-refractivity contribution in [3.05, 3.63) is 47.2 Å². The van der Waals surface area contributed by atoms with E-state index >= 15 is 0 Å². The van der Waals surface area contributed by atoms with Crippen LogP contribution < -0.4 is 11.3 Å². The Morgan fingerprint density at radius 3 is 2.68 bits per heavy atom. The molecule has 0 atom stereocenters. The maximum atomic E-state index is 5.77. The van der Waals surface area contributed by atoms with E-state index in [0.29, 0.717) is 0 Å². The fourth-order valence-corrected chi connectivity index (χ4v) is 3.16. The average Bonchev–Trinajstić information content (AvgIpc) is 2.96. The van der Waals surface area contributed by atoms with Gasteiger partial charge >= 0.3 is 0 Å². The van der Waals surface area contributed by atoms with E-state index < -0.39 is 0 Å². The SMILES string of the molecule is Cc1ccc(-c2cc3nc4c(c(NN)n3n2)CCCC4)cc1. The molecule has 22 heavy (non-hydrogen) atoms. The minimum Gasteiger partial charge on any atom is -0.308 e. The smallest absolute Gasteiger partial charge is 0.158 e. The number of rotatable bonds is 2. The molecule has 4 rings (SSSR count). The molecule has 1 aliphatic rings. The molecular formula is C17H19N5. The number of benzene rings is 1. The van der Waals surface area contributed by atoms with E-state index in [2.05, 4.69) is 36.6 Å². The monoisotopic (exact) mass is 293 g/mol. The van der Waals surface area contributed by atoms with Gasteiger partial charge in [0.1, 0.15) is 5.82 Å². The van der Waals surface area contributed by atoms with E-state index in [1.54, 1.807) is 0 Å². The lowest BCUT2D eigenvalue weighted by atomic mass is 9.96. The van der Waals surface area contributed by atoms with Crippen molar-refractivity contribution < 1.29 is 0 Å². The van der Waals surface area contributed by atoms with Crippen LogP contribution in [0.4, 0.5) is 5.82 Å². The number of nitrogens with one attached hydrogen (secondary N) is 1. The Hall–Kier alpha value is -2.40. The van der Waals surface area contributed by atoms with Gasteiger partial charge < -0.3 is 5.43 Å². The van der Waals surface area contributed by atoms with Crippen LogP contribution in [0.2, 0.25) is 0 Å². The van der Waals surface area contributed by atoms with E-state index in [9.17, 15) is 0 Å². The predicted octanol–water partition coefficient (Wildman–Crippen LogP) is 2.87. The van der Waals surface area contributed by atoms with Crippen molar-refractivity contribution in [1.82, 2.24) is 14.6 Å². The summed E-state index contributed by atoms with van der Waals surface area (Å²) in [5.74, 6) is 6.64. The number of nitrogen functional groups attached to an aromatic ring is 1. The first-order valence-corrected chi connectivity index (χ1v) is 7.71. The van der Waals surface area contributed by atoms with Crippen LogP contribution in [-0.2, 0) is 12.8 Å². The third kappa shape index (κ3) is 2.05. The van der Waals surface area contributed by atoms with Crippen molar-refractivity contribution in [3.8, 4) is 11.3 Å². The van der Waals surface area contributed by atoms with Gasteiger partial charge in [0.25, 0.3) is 0 Å². The highest BCUT2D eigenvalue weighted by Crippen LogP contribution is 2.29. The quantitative estimate of drug-likeness (QED) is 0.563. The van der Waals surface area contributed by atoms with Gasteiger partial charge in [0.05, 0.1) is 5.69 Å². The van der Waals surface area contributed by atoms with Crippen molar-refractivity contribution in [2.75, 3.05) is 5.43 Å². The Kier molecular flexibility index (Phi) is 3.08.